The normalized spacial score (nSPS) is 11.6. The predicted molar refractivity (Wildman–Crippen MR) is 32.2 cm³/mol. The molecule has 0 spiro atoms. The van der Waals surface area contributed by atoms with Crippen LogP contribution in [0.2, 0.25) is 0 Å². The van der Waals surface area contributed by atoms with Gasteiger partial charge in [-0.3, -0.25) is 4.52 Å². The third-order valence-electron chi connectivity index (χ3n) is 0.691. The van der Waals surface area contributed by atoms with E-state index in [0.29, 0.717) is 0 Å². The molecule has 0 heterocycles. The topological polar surface area (TPSA) is 141 Å². The van der Waals surface area contributed by atoms with Crippen LogP contribution in [0.3, 0.4) is 0 Å². The fourth-order valence-corrected chi connectivity index (χ4v) is 0.788. The van der Waals surface area contributed by atoms with Gasteiger partial charge in [0.2, 0.25) is 0 Å². The van der Waals surface area contributed by atoms with E-state index >= 15 is 0 Å². The zero-order valence-corrected chi connectivity index (χ0v) is 6.34. The van der Waals surface area contributed by atoms with Crippen molar-refractivity contribution in [3.8, 4) is 0 Å². The van der Waals surface area contributed by atoms with E-state index in [2.05, 4.69) is 4.52 Å². The molecule has 0 aromatic carbocycles. The summed E-state index contributed by atoms with van der Waals surface area (Å²) in [5.41, 5.74) is 0. The van der Waals surface area contributed by atoms with Gasteiger partial charge in [-0.1, -0.05) is 0 Å². The summed E-state index contributed by atoms with van der Waals surface area (Å²) in [5, 5.41) is 16.1. The van der Waals surface area contributed by atoms with E-state index in [1.165, 1.54) is 0 Å². The van der Waals surface area contributed by atoms with E-state index in [9.17, 15) is 14.2 Å². The molecule has 0 rings (SSSR count). The SMILES string of the molecule is O=C(O)C(OP(=O)(O)O)C(=O)O. The number of phosphoric ester groups is 1. The number of carboxylic acids is 2. The van der Waals surface area contributed by atoms with Gasteiger partial charge in [0, 0.05) is 0 Å². The molecule has 0 bridgehead atoms. The second-order valence-corrected chi connectivity index (χ2v) is 2.84. The maximum atomic E-state index is 10.00. The number of phosphoric acid groups is 1. The largest absolute Gasteiger partial charge is 0.479 e. The first-order chi connectivity index (χ1) is 5.24. The van der Waals surface area contributed by atoms with E-state index < -0.39 is 25.9 Å². The molecule has 0 aliphatic heterocycles. The predicted octanol–water partition coefficient (Wildman–Crippen LogP) is -1.37. The number of aliphatic carboxylic acids is 2. The minimum Gasteiger partial charge on any atom is -0.479 e. The molecule has 0 aliphatic rings. The summed E-state index contributed by atoms with van der Waals surface area (Å²) in [4.78, 5) is 36.0. The second kappa shape index (κ2) is 3.63. The average molecular weight is 200 g/mol. The molecular formula is C3H5O8P. The van der Waals surface area contributed by atoms with Crippen LogP contribution in [-0.4, -0.2) is 38.0 Å². The fourth-order valence-electron chi connectivity index (χ4n) is 0.333. The third kappa shape index (κ3) is 4.04. The molecule has 0 amide bonds. The summed E-state index contributed by atoms with van der Waals surface area (Å²) >= 11 is 0. The molecular weight excluding hydrogens is 195 g/mol. The van der Waals surface area contributed by atoms with Crippen LogP contribution in [0.15, 0.2) is 0 Å². The molecule has 70 valence electrons. The van der Waals surface area contributed by atoms with Crippen LogP contribution in [0.5, 0.6) is 0 Å². The maximum absolute atomic E-state index is 10.00. The zero-order valence-electron chi connectivity index (χ0n) is 5.45. The minimum absolute atomic E-state index is 1.98. The van der Waals surface area contributed by atoms with Crippen LogP contribution in [0.4, 0.5) is 0 Å². The highest BCUT2D eigenvalue weighted by Crippen LogP contribution is 2.37. The highest BCUT2D eigenvalue weighted by molar-refractivity contribution is 7.46. The molecule has 0 unspecified atom stereocenters. The van der Waals surface area contributed by atoms with Gasteiger partial charge in [0.1, 0.15) is 0 Å². The molecule has 12 heavy (non-hydrogen) atoms. The molecule has 4 N–H and O–H groups in total. The zero-order chi connectivity index (χ0) is 9.94. The standard InChI is InChI=1S/C3H5O8P/c4-2(5)1(3(6)7)11-12(8,9)10/h1H,(H,4,5)(H,6,7)(H2,8,9,10). The summed E-state index contributed by atoms with van der Waals surface area (Å²) in [6, 6.07) is 0. The Kier molecular flexibility index (Phi) is 3.35. The van der Waals surface area contributed by atoms with Crippen molar-refractivity contribution in [1.29, 1.82) is 0 Å². The van der Waals surface area contributed by atoms with Crippen LogP contribution in [0.1, 0.15) is 0 Å². The van der Waals surface area contributed by atoms with E-state index in [1.54, 1.807) is 0 Å². The van der Waals surface area contributed by atoms with Crippen molar-refractivity contribution in [2.24, 2.45) is 0 Å². The van der Waals surface area contributed by atoms with Gasteiger partial charge in [-0.2, -0.15) is 0 Å². The van der Waals surface area contributed by atoms with E-state index in [1.807, 2.05) is 0 Å². The lowest BCUT2D eigenvalue weighted by Crippen LogP contribution is -2.31. The number of hydrogen-bond donors (Lipinski definition) is 4. The Morgan fingerprint density at radius 2 is 1.50 bits per heavy atom. The van der Waals surface area contributed by atoms with Crippen molar-refractivity contribution in [2.75, 3.05) is 0 Å². The summed E-state index contributed by atoms with van der Waals surface area (Å²) in [6.07, 6.45) is -2.55. The van der Waals surface area contributed by atoms with Gasteiger partial charge in [-0.15, -0.1) is 0 Å². The van der Waals surface area contributed by atoms with Crippen molar-refractivity contribution in [1.82, 2.24) is 0 Å². The van der Waals surface area contributed by atoms with Gasteiger partial charge in [-0.05, 0) is 0 Å². The molecule has 0 saturated heterocycles. The second-order valence-electron chi connectivity index (χ2n) is 1.65. The first-order valence-corrected chi connectivity index (χ1v) is 3.96. The first kappa shape index (κ1) is 11.1. The lowest BCUT2D eigenvalue weighted by molar-refractivity contribution is -0.160. The van der Waals surface area contributed by atoms with E-state index in [-0.39, 0.29) is 0 Å². The fraction of sp³-hybridized carbons (Fsp3) is 0.333. The monoisotopic (exact) mass is 200 g/mol. The Labute approximate surface area is 65.6 Å². The van der Waals surface area contributed by atoms with Crippen molar-refractivity contribution >= 4 is 19.8 Å². The number of carbonyl (C=O) groups is 2. The average Bonchev–Trinajstić information content (AvgIpc) is 1.79. The van der Waals surface area contributed by atoms with Gasteiger partial charge in [0.15, 0.2) is 0 Å². The molecule has 0 aliphatic carbocycles. The molecule has 0 radical (unpaired) electrons. The van der Waals surface area contributed by atoms with Crippen molar-refractivity contribution in [3.05, 3.63) is 0 Å². The molecule has 9 heteroatoms. The Hall–Kier alpha value is -0.950. The summed E-state index contributed by atoms with van der Waals surface area (Å²) in [6.45, 7) is 0. The van der Waals surface area contributed by atoms with Crippen LogP contribution in [0, 0.1) is 0 Å². The summed E-state index contributed by atoms with van der Waals surface area (Å²) in [5.74, 6) is -3.96. The first-order valence-electron chi connectivity index (χ1n) is 2.43. The van der Waals surface area contributed by atoms with Gasteiger partial charge >= 0.3 is 19.8 Å². The number of carboxylic acid groups (broad SMARTS) is 2. The van der Waals surface area contributed by atoms with Crippen LogP contribution >= 0.6 is 7.82 Å². The maximum Gasteiger partial charge on any atom is 0.470 e. The molecule has 0 atom stereocenters. The van der Waals surface area contributed by atoms with Gasteiger partial charge < -0.3 is 20.0 Å². The third-order valence-corrected chi connectivity index (χ3v) is 1.18. The van der Waals surface area contributed by atoms with E-state index in [0.717, 1.165) is 0 Å². The molecule has 8 nitrogen and oxygen atoms in total. The highest BCUT2D eigenvalue weighted by Gasteiger charge is 2.34. The quantitative estimate of drug-likeness (QED) is 0.321. The van der Waals surface area contributed by atoms with Crippen molar-refractivity contribution in [2.45, 2.75) is 6.10 Å². The Morgan fingerprint density at radius 3 is 1.58 bits per heavy atom. The highest BCUT2D eigenvalue weighted by atomic mass is 31.2. The summed E-state index contributed by atoms with van der Waals surface area (Å²) in [7, 11) is -5.09. The minimum atomic E-state index is -5.09. The van der Waals surface area contributed by atoms with Crippen molar-refractivity contribution in [3.63, 3.8) is 0 Å². The van der Waals surface area contributed by atoms with Crippen LogP contribution in [0.25, 0.3) is 0 Å². The molecule has 0 aromatic heterocycles. The van der Waals surface area contributed by atoms with Gasteiger partial charge in [0.25, 0.3) is 6.10 Å². The van der Waals surface area contributed by atoms with Crippen molar-refractivity contribution < 1.29 is 38.7 Å². The lowest BCUT2D eigenvalue weighted by Gasteiger charge is -2.08. The van der Waals surface area contributed by atoms with Gasteiger partial charge in [0.05, 0.1) is 0 Å². The Morgan fingerprint density at radius 1 is 1.17 bits per heavy atom. The molecule has 0 fully saturated rings. The Bertz CT molecular complexity index is 225. The lowest BCUT2D eigenvalue weighted by atomic mass is 10.4. The number of rotatable bonds is 4. The van der Waals surface area contributed by atoms with Crippen LogP contribution < -0.4 is 0 Å². The number of hydrogen-bond acceptors (Lipinski definition) is 4. The van der Waals surface area contributed by atoms with E-state index in [4.69, 9.17) is 20.0 Å². The molecule has 0 saturated carbocycles. The van der Waals surface area contributed by atoms with Crippen LogP contribution in [-0.2, 0) is 18.7 Å². The smallest absolute Gasteiger partial charge is 0.470 e. The van der Waals surface area contributed by atoms with Gasteiger partial charge in [-0.25, -0.2) is 14.2 Å². The Balaban J connectivity index is 4.46. The molecule has 0 aromatic rings. The summed E-state index contributed by atoms with van der Waals surface area (Å²) < 4.78 is 13.4.